The van der Waals surface area contributed by atoms with E-state index >= 15 is 0 Å². The van der Waals surface area contributed by atoms with E-state index in [0.29, 0.717) is 24.7 Å². The van der Waals surface area contributed by atoms with Gasteiger partial charge in [-0.3, -0.25) is 9.59 Å². The molecule has 7 heteroatoms. The van der Waals surface area contributed by atoms with E-state index < -0.39 is 0 Å². The van der Waals surface area contributed by atoms with E-state index in [4.69, 9.17) is 13.9 Å². The first-order valence-electron chi connectivity index (χ1n) is 12.1. The number of hydrogen-bond acceptors (Lipinski definition) is 6. The summed E-state index contributed by atoms with van der Waals surface area (Å²) in [6.45, 7) is 9.90. The molecule has 1 fully saturated rings. The predicted octanol–water partition coefficient (Wildman–Crippen LogP) is 7.02. The minimum Gasteiger partial charge on any atom is -0.493 e. The molecule has 0 saturated carbocycles. The molecule has 3 aromatic rings. The minimum atomic E-state index is -0.235. The zero-order valence-electron chi connectivity index (χ0n) is 20.9. The van der Waals surface area contributed by atoms with Crippen molar-refractivity contribution in [1.29, 1.82) is 0 Å². The van der Waals surface area contributed by atoms with E-state index in [1.165, 1.54) is 15.8 Å². The zero-order chi connectivity index (χ0) is 25.0. The Kier molecular flexibility index (Phi) is 7.75. The lowest BCUT2D eigenvalue weighted by atomic mass is 9.88. The lowest BCUT2D eigenvalue weighted by Crippen LogP contribution is -2.27. The molecule has 1 aliphatic rings. The molecule has 2 heterocycles. The standard InChI is InChI=1S/C28H33NO5S/c1-5-7-23-24(13-12-22-19(16-28(2,3)4)17-34-26(22)23)33-15-6-14-32-21-10-8-20(9-11-21)29-25(30)18-35-27(29)31/h8-13,17H,5-7,14-16,18H2,1-4H3. The van der Waals surface area contributed by atoms with Gasteiger partial charge in [0.05, 0.1) is 30.9 Å². The smallest absolute Gasteiger partial charge is 0.293 e. The Morgan fingerprint density at radius 3 is 2.43 bits per heavy atom. The van der Waals surface area contributed by atoms with Crippen molar-refractivity contribution < 1.29 is 23.5 Å². The number of rotatable bonds is 10. The van der Waals surface area contributed by atoms with E-state index in [2.05, 4.69) is 39.8 Å². The number of ether oxygens (including phenoxy) is 2. The van der Waals surface area contributed by atoms with Crippen molar-refractivity contribution in [2.45, 2.75) is 53.4 Å². The summed E-state index contributed by atoms with van der Waals surface area (Å²) < 4.78 is 18.0. The van der Waals surface area contributed by atoms with Gasteiger partial charge in [-0.15, -0.1) is 0 Å². The molecule has 0 atom stereocenters. The highest BCUT2D eigenvalue weighted by Crippen LogP contribution is 2.35. The number of fused-ring (bicyclic) bond motifs is 1. The molecule has 1 saturated heterocycles. The maximum atomic E-state index is 11.9. The van der Waals surface area contributed by atoms with Crippen LogP contribution in [0.2, 0.25) is 0 Å². The van der Waals surface area contributed by atoms with Crippen LogP contribution in [0.5, 0.6) is 11.5 Å². The van der Waals surface area contributed by atoms with Crippen molar-refractivity contribution in [3.8, 4) is 11.5 Å². The second-order valence-corrected chi connectivity index (χ2v) is 10.9. The van der Waals surface area contributed by atoms with Crippen LogP contribution < -0.4 is 14.4 Å². The highest BCUT2D eigenvalue weighted by Gasteiger charge is 2.31. The summed E-state index contributed by atoms with van der Waals surface area (Å²) in [4.78, 5) is 24.9. The molecule has 2 aromatic carbocycles. The van der Waals surface area contributed by atoms with E-state index in [-0.39, 0.29) is 22.3 Å². The minimum absolute atomic E-state index is 0.188. The molecule has 0 bridgehead atoms. The van der Waals surface area contributed by atoms with E-state index in [0.717, 1.165) is 54.3 Å². The second kappa shape index (κ2) is 10.8. The van der Waals surface area contributed by atoms with Gasteiger partial charge in [-0.1, -0.05) is 45.9 Å². The molecule has 0 radical (unpaired) electrons. The quantitative estimate of drug-likeness (QED) is 0.282. The Hall–Kier alpha value is -2.93. The summed E-state index contributed by atoms with van der Waals surface area (Å²) in [5.41, 5.74) is 4.08. The third kappa shape index (κ3) is 6.01. The number of anilines is 1. The fourth-order valence-electron chi connectivity index (χ4n) is 4.25. The first-order valence-corrected chi connectivity index (χ1v) is 13.1. The van der Waals surface area contributed by atoms with Gasteiger partial charge >= 0.3 is 0 Å². The molecule has 1 aliphatic heterocycles. The molecule has 6 nitrogen and oxygen atoms in total. The SMILES string of the molecule is CCCc1c(OCCCOc2ccc(N3C(=O)CSC3=O)cc2)ccc2c(CC(C)(C)C)coc12. The number of carbonyl (C=O) groups excluding carboxylic acids is 2. The third-order valence-electron chi connectivity index (χ3n) is 5.76. The van der Waals surface area contributed by atoms with Gasteiger partial charge in [0.15, 0.2) is 0 Å². The number of imide groups is 1. The number of amides is 2. The van der Waals surface area contributed by atoms with Gasteiger partial charge in [-0.05, 0) is 60.2 Å². The highest BCUT2D eigenvalue weighted by molar-refractivity contribution is 8.15. The fraction of sp³-hybridized carbons (Fsp3) is 0.429. The molecular weight excluding hydrogens is 462 g/mol. The number of nitrogens with zero attached hydrogens (tertiary/aromatic N) is 1. The average Bonchev–Trinajstić information content (AvgIpc) is 3.36. The van der Waals surface area contributed by atoms with Gasteiger partial charge in [-0.2, -0.15) is 0 Å². The Morgan fingerprint density at radius 2 is 1.77 bits per heavy atom. The van der Waals surface area contributed by atoms with Crippen LogP contribution in [0.25, 0.3) is 11.0 Å². The summed E-state index contributed by atoms with van der Waals surface area (Å²) in [7, 11) is 0. The molecular formula is C28H33NO5S. The summed E-state index contributed by atoms with van der Waals surface area (Å²) in [6.07, 6.45) is 5.49. The van der Waals surface area contributed by atoms with E-state index in [1.807, 2.05) is 6.26 Å². The first kappa shape index (κ1) is 25.2. The number of furan rings is 1. The molecule has 186 valence electrons. The Balaban J connectivity index is 1.32. The average molecular weight is 496 g/mol. The molecule has 2 amide bonds. The van der Waals surface area contributed by atoms with Crippen LogP contribution in [0.15, 0.2) is 47.1 Å². The Bertz CT molecular complexity index is 1180. The molecule has 1 aromatic heterocycles. The number of thioether (sulfide) groups is 1. The maximum absolute atomic E-state index is 11.9. The summed E-state index contributed by atoms with van der Waals surface area (Å²) in [6, 6.07) is 11.2. The monoisotopic (exact) mass is 495 g/mol. The lowest BCUT2D eigenvalue weighted by Gasteiger charge is -2.17. The maximum Gasteiger partial charge on any atom is 0.293 e. The van der Waals surface area contributed by atoms with Gasteiger partial charge in [0.1, 0.15) is 17.1 Å². The van der Waals surface area contributed by atoms with Crippen molar-refractivity contribution in [3.05, 3.63) is 53.8 Å². The van der Waals surface area contributed by atoms with Gasteiger partial charge in [0.25, 0.3) is 5.24 Å². The largest absolute Gasteiger partial charge is 0.493 e. The van der Waals surface area contributed by atoms with Gasteiger partial charge in [0.2, 0.25) is 5.91 Å². The van der Waals surface area contributed by atoms with Crippen molar-refractivity contribution in [2.75, 3.05) is 23.9 Å². The van der Waals surface area contributed by atoms with Gasteiger partial charge < -0.3 is 13.9 Å². The van der Waals surface area contributed by atoms with Crippen LogP contribution in [0, 0.1) is 5.41 Å². The van der Waals surface area contributed by atoms with Crippen LogP contribution in [-0.4, -0.2) is 30.1 Å². The molecule has 0 spiro atoms. The van der Waals surface area contributed by atoms with Crippen LogP contribution in [0.4, 0.5) is 10.5 Å². The highest BCUT2D eigenvalue weighted by atomic mass is 32.2. The summed E-state index contributed by atoms with van der Waals surface area (Å²) in [5.74, 6) is 1.57. The van der Waals surface area contributed by atoms with Crippen LogP contribution in [0.3, 0.4) is 0 Å². The van der Waals surface area contributed by atoms with Gasteiger partial charge in [0, 0.05) is 17.4 Å². The van der Waals surface area contributed by atoms with Gasteiger partial charge in [-0.25, -0.2) is 4.90 Å². The van der Waals surface area contributed by atoms with E-state index in [9.17, 15) is 9.59 Å². The molecule has 0 N–H and O–H groups in total. The molecule has 35 heavy (non-hydrogen) atoms. The van der Waals surface area contributed by atoms with Crippen molar-refractivity contribution in [3.63, 3.8) is 0 Å². The molecule has 0 aliphatic carbocycles. The third-order valence-corrected chi connectivity index (χ3v) is 6.59. The van der Waals surface area contributed by atoms with Crippen LogP contribution in [0.1, 0.15) is 51.7 Å². The number of aryl methyl sites for hydroxylation is 1. The zero-order valence-corrected chi connectivity index (χ0v) is 21.7. The number of hydrogen-bond donors (Lipinski definition) is 0. The Labute approximate surface area is 211 Å². The Morgan fingerprint density at radius 1 is 1.03 bits per heavy atom. The topological polar surface area (TPSA) is 69.0 Å². The van der Waals surface area contributed by atoms with Crippen LogP contribution in [-0.2, 0) is 17.6 Å². The van der Waals surface area contributed by atoms with Crippen molar-refractivity contribution >= 4 is 39.6 Å². The van der Waals surface area contributed by atoms with Crippen molar-refractivity contribution in [2.24, 2.45) is 5.41 Å². The number of carbonyl (C=O) groups is 2. The fourth-order valence-corrected chi connectivity index (χ4v) is 4.96. The first-order chi connectivity index (χ1) is 16.8. The van der Waals surface area contributed by atoms with Crippen LogP contribution >= 0.6 is 11.8 Å². The second-order valence-electron chi connectivity index (χ2n) is 10.00. The lowest BCUT2D eigenvalue weighted by molar-refractivity contribution is -0.115. The summed E-state index contributed by atoms with van der Waals surface area (Å²) >= 11 is 1.02. The molecule has 4 rings (SSSR count). The normalized spacial score (nSPS) is 14.2. The molecule has 0 unspecified atom stereocenters. The number of benzene rings is 2. The van der Waals surface area contributed by atoms with E-state index in [1.54, 1.807) is 24.3 Å². The predicted molar refractivity (Wildman–Crippen MR) is 141 cm³/mol. The summed E-state index contributed by atoms with van der Waals surface area (Å²) in [5, 5.41) is 0.944. The van der Waals surface area contributed by atoms with Crippen molar-refractivity contribution in [1.82, 2.24) is 0 Å².